The lowest BCUT2D eigenvalue weighted by atomic mass is 9.92. The molecule has 1 aliphatic heterocycles. The molecule has 7 nitrogen and oxygen atoms in total. The van der Waals surface area contributed by atoms with Gasteiger partial charge in [0, 0.05) is 18.3 Å². The van der Waals surface area contributed by atoms with Crippen LogP contribution in [0, 0.1) is 6.92 Å². The number of amides is 2. The molecule has 1 aliphatic carbocycles. The molecule has 1 saturated carbocycles. The minimum Gasteiger partial charge on any atom is -0.351 e. The molecule has 35 heavy (non-hydrogen) atoms. The Balaban J connectivity index is 1.69. The predicted molar refractivity (Wildman–Crippen MR) is 137 cm³/mol. The molecule has 0 aromatic heterocycles. The van der Waals surface area contributed by atoms with Gasteiger partial charge in [0.2, 0.25) is 21.8 Å². The summed E-state index contributed by atoms with van der Waals surface area (Å²) in [4.78, 5) is 29.0. The largest absolute Gasteiger partial charge is 0.351 e. The number of hydrogen-bond acceptors (Lipinski definition) is 4. The smallest absolute Gasteiger partial charge is 0.247 e. The second-order valence-electron chi connectivity index (χ2n) is 9.94. The number of carbonyl (C=O) groups is 2. The van der Waals surface area contributed by atoms with Gasteiger partial charge in [-0.3, -0.25) is 14.5 Å². The average molecular weight is 498 g/mol. The molecule has 2 aromatic rings. The topological polar surface area (TPSA) is 86.8 Å². The maximum Gasteiger partial charge on any atom is 0.247 e. The van der Waals surface area contributed by atoms with E-state index in [4.69, 9.17) is 0 Å². The van der Waals surface area contributed by atoms with Gasteiger partial charge < -0.3 is 5.32 Å². The van der Waals surface area contributed by atoms with E-state index in [1.54, 1.807) is 25.1 Å². The van der Waals surface area contributed by atoms with Crippen LogP contribution in [-0.2, 0) is 19.6 Å². The van der Waals surface area contributed by atoms with Crippen LogP contribution in [0.4, 0.5) is 5.69 Å². The van der Waals surface area contributed by atoms with E-state index >= 15 is 0 Å². The molecule has 1 atom stereocenters. The van der Waals surface area contributed by atoms with Crippen molar-refractivity contribution < 1.29 is 18.0 Å². The Labute approximate surface area is 208 Å². The summed E-state index contributed by atoms with van der Waals surface area (Å²) >= 11 is 0. The summed E-state index contributed by atoms with van der Waals surface area (Å²) in [6, 6.07) is 15.5. The summed E-state index contributed by atoms with van der Waals surface area (Å²) < 4.78 is 28.0. The van der Waals surface area contributed by atoms with Crippen molar-refractivity contribution in [2.75, 3.05) is 18.0 Å². The van der Waals surface area contributed by atoms with Gasteiger partial charge in [0.05, 0.1) is 11.4 Å². The zero-order chi connectivity index (χ0) is 25.1. The Hall–Kier alpha value is -2.71. The highest BCUT2D eigenvalue weighted by Gasteiger charge is 2.51. The summed E-state index contributed by atoms with van der Waals surface area (Å²) in [5, 5.41) is 3.19. The first-order valence-electron chi connectivity index (χ1n) is 12.5. The molecule has 1 N–H and O–H groups in total. The first-order valence-corrected chi connectivity index (χ1v) is 13.9. The van der Waals surface area contributed by atoms with Crippen LogP contribution in [0.15, 0.2) is 59.5 Å². The van der Waals surface area contributed by atoms with E-state index < -0.39 is 21.5 Å². The van der Waals surface area contributed by atoms with Crippen LogP contribution in [0.25, 0.3) is 0 Å². The summed E-state index contributed by atoms with van der Waals surface area (Å²) in [5.41, 5.74) is 0.231. The lowest BCUT2D eigenvalue weighted by Crippen LogP contribution is -2.70. The monoisotopic (exact) mass is 497 g/mol. The van der Waals surface area contributed by atoms with E-state index in [-0.39, 0.29) is 29.9 Å². The Morgan fingerprint density at radius 3 is 2.17 bits per heavy atom. The SMILES string of the molecule is Cc1ccc(N2C(=O)CN(S(=O)(=O)c3ccccc3)C[C@]2(C)C(=O)NC2CCCCCCC2)cc1. The lowest BCUT2D eigenvalue weighted by Gasteiger charge is -2.47. The summed E-state index contributed by atoms with van der Waals surface area (Å²) in [5.74, 6) is -0.736. The molecule has 1 saturated heterocycles. The highest BCUT2D eigenvalue weighted by Crippen LogP contribution is 2.33. The summed E-state index contributed by atoms with van der Waals surface area (Å²) in [6.45, 7) is 3.19. The van der Waals surface area contributed by atoms with Crippen molar-refractivity contribution in [3.05, 3.63) is 60.2 Å². The third-order valence-electron chi connectivity index (χ3n) is 7.14. The zero-order valence-electron chi connectivity index (χ0n) is 20.6. The fourth-order valence-corrected chi connectivity index (χ4v) is 6.62. The molecule has 2 fully saturated rings. The fourth-order valence-electron chi connectivity index (χ4n) is 5.12. The molecule has 8 heteroatoms. The van der Waals surface area contributed by atoms with E-state index in [0.29, 0.717) is 5.69 Å². The number of carbonyl (C=O) groups excluding carboxylic acids is 2. The predicted octanol–water partition coefficient (Wildman–Crippen LogP) is 4.02. The van der Waals surface area contributed by atoms with Crippen molar-refractivity contribution in [2.24, 2.45) is 0 Å². The van der Waals surface area contributed by atoms with Crippen molar-refractivity contribution >= 4 is 27.5 Å². The van der Waals surface area contributed by atoms with Crippen molar-refractivity contribution in [3.63, 3.8) is 0 Å². The molecule has 4 rings (SSSR count). The van der Waals surface area contributed by atoms with Crippen molar-refractivity contribution in [2.45, 2.75) is 75.3 Å². The fraction of sp³-hybridized carbons (Fsp3) is 0.481. The number of anilines is 1. The Morgan fingerprint density at radius 1 is 0.943 bits per heavy atom. The number of hydrogen-bond donors (Lipinski definition) is 1. The minimum absolute atomic E-state index is 0.0238. The number of nitrogens with zero attached hydrogens (tertiary/aromatic N) is 2. The summed E-state index contributed by atoms with van der Waals surface area (Å²) in [6.07, 6.45) is 7.42. The van der Waals surface area contributed by atoms with Gasteiger partial charge in [0.15, 0.2) is 0 Å². The second-order valence-corrected chi connectivity index (χ2v) is 11.9. The quantitative estimate of drug-likeness (QED) is 0.676. The molecule has 0 bridgehead atoms. The Kier molecular flexibility index (Phi) is 7.62. The van der Waals surface area contributed by atoms with E-state index in [0.717, 1.165) is 48.4 Å². The van der Waals surface area contributed by atoms with E-state index in [1.807, 2.05) is 31.2 Å². The highest BCUT2D eigenvalue weighted by molar-refractivity contribution is 7.89. The average Bonchev–Trinajstić information content (AvgIpc) is 2.82. The van der Waals surface area contributed by atoms with Gasteiger partial charge in [-0.05, 0) is 51.0 Å². The molecule has 0 unspecified atom stereocenters. The molecule has 2 aromatic carbocycles. The third-order valence-corrected chi connectivity index (χ3v) is 8.95. The molecule has 2 amide bonds. The second kappa shape index (κ2) is 10.5. The number of rotatable bonds is 5. The van der Waals surface area contributed by atoms with Gasteiger partial charge in [-0.2, -0.15) is 4.31 Å². The molecule has 188 valence electrons. The van der Waals surface area contributed by atoms with Gasteiger partial charge in [0.1, 0.15) is 5.54 Å². The third kappa shape index (κ3) is 5.43. The van der Waals surface area contributed by atoms with Crippen LogP contribution < -0.4 is 10.2 Å². The maximum absolute atomic E-state index is 13.9. The number of piperazine rings is 1. The van der Waals surface area contributed by atoms with Crippen LogP contribution in [0.1, 0.15) is 57.4 Å². The minimum atomic E-state index is -3.95. The number of sulfonamides is 1. The van der Waals surface area contributed by atoms with Crippen molar-refractivity contribution in [1.29, 1.82) is 0 Å². The van der Waals surface area contributed by atoms with Crippen molar-refractivity contribution in [3.8, 4) is 0 Å². The zero-order valence-corrected chi connectivity index (χ0v) is 21.4. The molecule has 2 aliphatic rings. The standard InChI is InChI=1S/C27H35N3O4S/c1-21-15-17-23(18-16-21)30-25(31)19-29(35(33,34)24-13-9-6-10-14-24)20-27(30,2)26(32)28-22-11-7-4-3-5-8-12-22/h6,9-10,13-18,22H,3-5,7-8,11-12,19-20H2,1-2H3,(H,28,32)/t27-/m1/s1. The van der Waals surface area contributed by atoms with Gasteiger partial charge >= 0.3 is 0 Å². The normalized spacial score (nSPS) is 22.9. The first-order chi connectivity index (χ1) is 16.7. The molecule has 0 radical (unpaired) electrons. The van der Waals surface area contributed by atoms with Crippen LogP contribution in [-0.4, -0.2) is 49.2 Å². The van der Waals surface area contributed by atoms with E-state index in [9.17, 15) is 18.0 Å². The van der Waals surface area contributed by atoms with E-state index in [2.05, 4.69) is 5.32 Å². The van der Waals surface area contributed by atoms with Gasteiger partial charge in [-0.25, -0.2) is 8.42 Å². The molecular formula is C27H35N3O4S. The lowest BCUT2D eigenvalue weighted by molar-refractivity contribution is -0.133. The van der Waals surface area contributed by atoms with Crippen LogP contribution >= 0.6 is 0 Å². The van der Waals surface area contributed by atoms with E-state index in [1.165, 1.54) is 23.5 Å². The maximum atomic E-state index is 13.9. The first kappa shape index (κ1) is 25.4. The van der Waals surface area contributed by atoms with Crippen LogP contribution in [0.2, 0.25) is 0 Å². The molecule has 0 spiro atoms. The van der Waals surface area contributed by atoms with Gasteiger partial charge in [-0.15, -0.1) is 0 Å². The van der Waals surface area contributed by atoms with Gasteiger partial charge in [0.25, 0.3) is 0 Å². The highest BCUT2D eigenvalue weighted by atomic mass is 32.2. The molecular weight excluding hydrogens is 462 g/mol. The molecule has 1 heterocycles. The van der Waals surface area contributed by atoms with Crippen LogP contribution in [0.5, 0.6) is 0 Å². The van der Waals surface area contributed by atoms with Crippen molar-refractivity contribution in [1.82, 2.24) is 9.62 Å². The van der Waals surface area contributed by atoms with Crippen LogP contribution in [0.3, 0.4) is 0 Å². The Morgan fingerprint density at radius 2 is 1.54 bits per heavy atom. The Bertz CT molecular complexity index is 1140. The number of aryl methyl sites for hydroxylation is 1. The van der Waals surface area contributed by atoms with Gasteiger partial charge in [-0.1, -0.05) is 68.0 Å². The number of benzene rings is 2. The summed E-state index contributed by atoms with van der Waals surface area (Å²) in [7, 11) is -3.95. The number of nitrogens with one attached hydrogen (secondary N) is 1.